The van der Waals surface area contributed by atoms with Crippen molar-refractivity contribution in [1.82, 2.24) is 5.16 Å². The van der Waals surface area contributed by atoms with Crippen LogP contribution in [0.2, 0.25) is 0 Å². The van der Waals surface area contributed by atoms with Crippen LogP contribution in [-0.4, -0.2) is 17.5 Å². The average Bonchev–Trinajstić information content (AvgIpc) is 3.13. The molecule has 1 atom stereocenters. The van der Waals surface area contributed by atoms with E-state index in [9.17, 15) is 4.79 Å². The molecule has 0 aliphatic heterocycles. The minimum absolute atomic E-state index is 0.0170. The molecule has 1 aliphatic rings. The molecule has 1 fully saturated rings. The molecule has 4 nitrogen and oxygen atoms in total. The average molecular weight is 308 g/mol. The maximum Gasteiger partial charge on any atom is 0.169 e. The minimum atomic E-state index is 0.0170. The number of carbonyl (C=O) groups is 1. The maximum absolute atomic E-state index is 12.4. The fraction of sp³-hybridized carbons (Fsp3) is 0.263. The van der Waals surface area contributed by atoms with Crippen LogP contribution in [0.25, 0.3) is 6.08 Å². The molecule has 3 rings (SSSR count). The fourth-order valence-electron chi connectivity index (χ4n) is 2.72. The van der Waals surface area contributed by atoms with E-state index in [4.69, 9.17) is 4.52 Å². The molecule has 0 saturated heterocycles. The maximum atomic E-state index is 12.4. The van der Waals surface area contributed by atoms with Crippen LogP contribution in [0.1, 0.15) is 24.2 Å². The molecule has 1 aromatic carbocycles. The van der Waals surface area contributed by atoms with Gasteiger partial charge in [-0.1, -0.05) is 53.7 Å². The molecular weight excluding hydrogens is 288 g/mol. The second-order valence-electron chi connectivity index (χ2n) is 5.77. The number of nitrogens with zero attached hydrogens (tertiary/aromatic N) is 1. The Labute approximate surface area is 135 Å². The summed E-state index contributed by atoms with van der Waals surface area (Å²) in [5.74, 6) is 1.70. The molecule has 0 radical (unpaired) electrons. The Morgan fingerprint density at radius 3 is 2.91 bits per heavy atom. The van der Waals surface area contributed by atoms with Gasteiger partial charge in [0.1, 0.15) is 5.76 Å². The molecule has 4 heteroatoms. The van der Waals surface area contributed by atoms with E-state index in [0.29, 0.717) is 12.4 Å². The van der Waals surface area contributed by atoms with Gasteiger partial charge in [0.15, 0.2) is 11.6 Å². The van der Waals surface area contributed by atoms with Crippen LogP contribution in [0.5, 0.6) is 0 Å². The lowest BCUT2D eigenvalue weighted by Gasteiger charge is -2.07. The molecule has 1 aromatic heterocycles. The number of aryl methyl sites for hydroxylation is 1. The van der Waals surface area contributed by atoms with E-state index in [-0.39, 0.29) is 11.7 Å². The molecule has 0 amide bonds. The van der Waals surface area contributed by atoms with Gasteiger partial charge in [0.25, 0.3) is 0 Å². The molecule has 1 N–H and O–H groups in total. The van der Waals surface area contributed by atoms with Gasteiger partial charge in [-0.2, -0.15) is 0 Å². The van der Waals surface area contributed by atoms with E-state index in [1.807, 2.05) is 61.5 Å². The summed E-state index contributed by atoms with van der Waals surface area (Å²) >= 11 is 0. The lowest BCUT2D eigenvalue weighted by atomic mass is 10.1. The van der Waals surface area contributed by atoms with Crippen LogP contribution in [-0.2, 0) is 4.79 Å². The van der Waals surface area contributed by atoms with Crippen LogP contribution in [0.4, 0.5) is 5.82 Å². The monoisotopic (exact) mass is 308 g/mol. The number of nitrogens with one attached hydrogen (secondary N) is 1. The number of ketones is 1. The first-order valence-electron chi connectivity index (χ1n) is 7.86. The number of hydrogen-bond acceptors (Lipinski definition) is 4. The van der Waals surface area contributed by atoms with Gasteiger partial charge in [0.05, 0.1) is 0 Å². The van der Waals surface area contributed by atoms with Crippen LogP contribution >= 0.6 is 0 Å². The normalized spacial score (nSPS) is 19.8. The first-order chi connectivity index (χ1) is 11.2. The summed E-state index contributed by atoms with van der Waals surface area (Å²) in [6.07, 6.45) is 7.63. The predicted molar refractivity (Wildman–Crippen MR) is 91.0 cm³/mol. The number of anilines is 1. The Morgan fingerprint density at radius 1 is 1.35 bits per heavy atom. The fourth-order valence-corrected chi connectivity index (χ4v) is 2.72. The van der Waals surface area contributed by atoms with Gasteiger partial charge >= 0.3 is 0 Å². The van der Waals surface area contributed by atoms with Gasteiger partial charge in [-0.25, -0.2) is 0 Å². The number of hydrogen-bond donors (Lipinski definition) is 1. The molecular formula is C19H20N2O2. The molecule has 2 aromatic rings. The van der Waals surface area contributed by atoms with Crippen molar-refractivity contribution in [2.45, 2.75) is 19.8 Å². The lowest BCUT2D eigenvalue weighted by molar-refractivity contribution is -0.117. The van der Waals surface area contributed by atoms with Crippen molar-refractivity contribution in [1.29, 1.82) is 0 Å². The Balaban J connectivity index is 1.55. The van der Waals surface area contributed by atoms with Crippen molar-refractivity contribution in [2.75, 3.05) is 11.9 Å². The number of rotatable bonds is 5. The SMILES string of the molecule is Cc1cc(NCC2CC/C(=C/C=C/c3ccccc3)C2=O)no1. The van der Waals surface area contributed by atoms with Crippen molar-refractivity contribution in [3.8, 4) is 0 Å². The van der Waals surface area contributed by atoms with E-state index in [2.05, 4.69) is 10.5 Å². The molecule has 118 valence electrons. The number of allylic oxidation sites excluding steroid dienone is 3. The summed E-state index contributed by atoms with van der Waals surface area (Å²) in [5.41, 5.74) is 2.04. The first-order valence-corrected chi connectivity index (χ1v) is 7.86. The summed E-state index contributed by atoms with van der Waals surface area (Å²) in [7, 11) is 0. The summed E-state index contributed by atoms with van der Waals surface area (Å²) in [6, 6.07) is 11.9. The van der Waals surface area contributed by atoms with Crippen LogP contribution in [0.3, 0.4) is 0 Å². The van der Waals surface area contributed by atoms with Gasteiger partial charge in [0, 0.05) is 18.5 Å². The number of Topliss-reactive ketones (excluding diaryl/α,β-unsaturated/α-hetero) is 1. The molecule has 1 saturated carbocycles. The highest BCUT2D eigenvalue weighted by molar-refractivity contribution is 6.00. The quantitative estimate of drug-likeness (QED) is 0.848. The van der Waals surface area contributed by atoms with Crippen LogP contribution in [0, 0.1) is 12.8 Å². The standard InChI is InChI=1S/C19H20N2O2/c1-14-12-18(21-23-14)20-13-17-11-10-16(19(17)22)9-5-8-15-6-3-2-4-7-15/h2-9,12,17H,10-11,13H2,1H3,(H,20,21)/b8-5+,16-9-. The number of aromatic nitrogens is 1. The highest BCUT2D eigenvalue weighted by atomic mass is 16.5. The highest BCUT2D eigenvalue weighted by Crippen LogP contribution is 2.27. The molecule has 1 unspecified atom stereocenters. The van der Waals surface area contributed by atoms with Crippen molar-refractivity contribution >= 4 is 17.7 Å². The van der Waals surface area contributed by atoms with E-state index in [1.165, 1.54) is 0 Å². The minimum Gasteiger partial charge on any atom is -0.367 e. The second-order valence-corrected chi connectivity index (χ2v) is 5.77. The molecule has 1 heterocycles. The number of benzene rings is 1. The number of carbonyl (C=O) groups excluding carboxylic acids is 1. The van der Waals surface area contributed by atoms with Gasteiger partial charge in [0.2, 0.25) is 0 Å². The van der Waals surface area contributed by atoms with Gasteiger partial charge in [-0.3, -0.25) is 4.79 Å². The van der Waals surface area contributed by atoms with E-state index in [1.54, 1.807) is 0 Å². The van der Waals surface area contributed by atoms with E-state index >= 15 is 0 Å². The summed E-state index contributed by atoms with van der Waals surface area (Å²) < 4.78 is 5.00. The molecule has 23 heavy (non-hydrogen) atoms. The van der Waals surface area contributed by atoms with Crippen LogP contribution < -0.4 is 5.32 Å². The topological polar surface area (TPSA) is 55.1 Å². The zero-order valence-corrected chi connectivity index (χ0v) is 13.2. The summed E-state index contributed by atoms with van der Waals surface area (Å²) in [6.45, 7) is 2.45. The third-order valence-electron chi connectivity index (χ3n) is 3.99. The molecule has 0 bridgehead atoms. The van der Waals surface area contributed by atoms with Crippen molar-refractivity contribution < 1.29 is 9.32 Å². The smallest absolute Gasteiger partial charge is 0.169 e. The molecule has 1 aliphatic carbocycles. The largest absolute Gasteiger partial charge is 0.367 e. The zero-order valence-electron chi connectivity index (χ0n) is 13.2. The third-order valence-corrected chi connectivity index (χ3v) is 3.99. The zero-order chi connectivity index (χ0) is 16.1. The predicted octanol–water partition coefficient (Wildman–Crippen LogP) is 4.01. The van der Waals surface area contributed by atoms with E-state index in [0.717, 1.165) is 29.7 Å². The molecule has 0 spiro atoms. The van der Waals surface area contributed by atoms with Gasteiger partial charge in [-0.05, 0) is 30.9 Å². The summed E-state index contributed by atoms with van der Waals surface area (Å²) in [5, 5.41) is 7.05. The van der Waals surface area contributed by atoms with Crippen LogP contribution in [0.15, 0.2) is 58.6 Å². The Bertz CT molecular complexity index is 729. The third kappa shape index (κ3) is 3.97. The Hall–Kier alpha value is -2.62. The Kier molecular flexibility index (Phi) is 4.71. The van der Waals surface area contributed by atoms with Crippen molar-refractivity contribution in [2.24, 2.45) is 5.92 Å². The van der Waals surface area contributed by atoms with Gasteiger partial charge in [-0.15, -0.1) is 0 Å². The van der Waals surface area contributed by atoms with Crippen molar-refractivity contribution in [3.05, 3.63) is 65.4 Å². The second kappa shape index (κ2) is 7.09. The summed E-state index contributed by atoms with van der Waals surface area (Å²) in [4.78, 5) is 12.4. The first kappa shape index (κ1) is 15.3. The lowest BCUT2D eigenvalue weighted by Crippen LogP contribution is -2.18. The van der Waals surface area contributed by atoms with Crippen molar-refractivity contribution in [3.63, 3.8) is 0 Å². The highest BCUT2D eigenvalue weighted by Gasteiger charge is 2.28. The van der Waals surface area contributed by atoms with E-state index < -0.39 is 0 Å². The Morgan fingerprint density at radius 2 is 2.17 bits per heavy atom. The van der Waals surface area contributed by atoms with Gasteiger partial charge < -0.3 is 9.84 Å².